The van der Waals surface area contributed by atoms with Gasteiger partial charge in [0.05, 0.1) is 17.3 Å². The Morgan fingerprint density at radius 2 is 2.11 bits per heavy atom. The molecule has 1 heterocycles. The molecule has 0 spiro atoms. The lowest BCUT2D eigenvalue weighted by atomic mass is 10.1. The minimum absolute atomic E-state index is 0.676. The second kappa shape index (κ2) is 6.68. The number of rotatable bonds is 6. The van der Waals surface area contributed by atoms with Gasteiger partial charge >= 0.3 is 0 Å². The van der Waals surface area contributed by atoms with Crippen LogP contribution < -0.4 is 10.1 Å². The van der Waals surface area contributed by atoms with E-state index in [9.17, 15) is 0 Å². The molecule has 102 valence electrons. The molecule has 0 saturated carbocycles. The number of aryl methyl sites for hydroxylation is 2. The smallest absolute Gasteiger partial charge is 0.119 e. The summed E-state index contributed by atoms with van der Waals surface area (Å²) in [4.78, 5) is 4.54. The predicted octanol–water partition coefficient (Wildman–Crippen LogP) is 3.10. The first-order valence-electron chi connectivity index (χ1n) is 6.47. The van der Waals surface area contributed by atoms with E-state index in [1.807, 2.05) is 13.1 Å². The van der Waals surface area contributed by atoms with Crippen LogP contribution in [0.2, 0.25) is 0 Å². The van der Waals surface area contributed by atoms with Crippen molar-refractivity contribution in [3.8, 4) is 5.75 Å². The van der Waals surface area contributed by atoms with Crippen LogP contribution in [0.1, 0.15) is 21.8 Å². The third kappa shape index (κ3) is 4.04. The predicted molar refractivity (Wildman–Crippen MR) is 80.0 cm³/mol. The number of thiazole rings is 1. The highest BCUT2D eigenvalue weighted by Gasteiger charge is 2.02. The summed E-state index contributed by atoms with van der Waals surface area (Å²) in [5, 5.41) is 6.34. The van der Waals surface area contributed by atoms with E-state index in [2.05, 4.69) is 41.7 Å². The van der Waals surface area contributed by atoms with E-state index in [0.717, 1.165) is 29.4 Å². The molecule has 0 amide bonds. The molecule has 0 aliphatic rings. The molecule has 4 heteroatoms. The molecular weight excluding hydrogens is 256 g/mol. The number of ether oxygens (including phenoxy) is 1. The van der Waals surface area contributed by atoms with Crippen molar-refractivity contribution >= 4 is 11.3 Å². The van der Waals surface area contributed by atoms with Crippen molar-refractivity contribution in [3.63, 3.8) is 0 Å². The molecule has 0 bridgehead atoms. The van der Waals surface area contributed by atoms with E-state index < -0.39 is 0 Å². The summed E-state index contributed by atoms with van der Waals surface area (Å²) in [5.74, 6) is 0.940. The number of hydrogen-bond donors (Lipinski definition) is 1. The van der Waals surface area contributed by atoms with Crippen LogP contribution in [0.25, 0.3) is 0 Å². The number of aromatic nitrogens is 1. The SMILES string of the molecule is CNCc1csc(CCOc2ccc(C)c(C)c2)n1. The third-order valence-corrected chi connectivity index (χ3v) is 3.98. The van der Waals surface area contributed by atoms with Crippen LogP contribution in [0.15, 0.2) is 23.6 Å². The molecule has 3 nitrogen and oxygen atoms in total. The molecule has 1 aromatic carbocycles. The van der Waals surface area contributed by atoms with Gasteiger partial charge in [-0.15, -0.1) is 11.3 Å². The Hall–Kier alpha value is -1.39. The first-order valence-corrected chi connectivity index (χ1v) is 7.35. The van der Waals surface area contributed by atoms with Crippen molar-refractivity contribution < 1.29 is 4.74 Å². The Morgan fingerprint density at radius 3 is 2.84 bits per heavy atom. The number of hydrogen-bond acceptors (Lipinski definition) is 4. The summed E-state index contributed by atoms with van der Waals surface area (Å²) in [7, 11) is 1.93. The van der Waals surface area contributed by atoms with E-state index in [1.54, 1.807) is 11.3 Å². The fraction of sp³-hybridized carbons (Fsp3) is 0.400. The number of nitrogens with one attached hydrogen (secondary N) is 1. The summed E-state index contributed by atoms with van der Waals surface area (Å²) in [6, 6.07) is 6.21. The van der Waals surface area contributed by atoms with Gasteiger partial charge in [0.1, 0.15) is 5.75 Å². The standard InChI is InChI=1S/C15H20N2OS/c1-11-4-5-14(8-12(11)2)18-7-6-15-17-13(9-16-3)10-19-15/h4-5,8,10,16H,6-7,9H2,1-3H3. The highest BCUT2D eigenvalue weighted by atomic mass is 32.1. The molecule has 19 heavy (non-hydrogen) atoms. The average Bonchev–Trinajstić information content (AvgIpc) is 2.82. The lowest BCUT2D eigenvalue weighted by molar-refractivity contribution is 0.321. The Balaban J connectivity index is 1.83. The van der Waals surface area contributed by atoms with Crippen LogP contribution in [-0.2, 0) is 13.0 Å². The minimum Gasteiger partial charge on any atom is -0.493 e. The molecule has 0 aliphatic heterocycles. The van der Waals surface area contributed by atoms with Gasteiger partial charge in [-0.25, -0.2) is 4.98 Å². The van der Waals surface area contributed by atoms with Gasteiger partial charge in [0, 0.05) is 18.3 Å². The van der Waals surface area contributed by atoms with Crippen molar-refractivity contribution in [1.29, 1.82) is 0 Å². The Morgan fingerprint density at radius 1 is 1.26 bits per heavy atom. The van der Waals surface area contributed by atoms with Gasteiger partial charge in [-0.1, -0.05) is 6.07 Å². The zero-order valence-corrected chi connectivity index (χ0v) is 12.5. The van der Waals surface area contributed by atoms with Gasteiger partial charge in [0.25, 0.3) is 0 Å². The molecule has 0 aliphatic carbocycles. The van der Waals surface area contributed by atoms with E-state index in [-0.39, 0.29) is 0 Å². The topological polar surface area (TPSA) is 34.1 Å². The minimum atomic E-state index is 0.676. The second-order valence-corrected chi connectivity index (χ2v) is 5.55. The van der Waals surface area contributed by atoms with Gasteiger partial charge in [-0.3, -0.25) is 0 Å². The summed E-state index contributed by atoms with van der Waals surface area (Å²) < 4.78 is 5.77. The molecule has 2 rings (SSSR count). The van der Waals surface area contributed by atoms with E-state index in [1.165, 1.54) is 11.1 Å². The highest BCUT2D eigenvalue weighted by Crippen LogP contribution is 2.17. The molecule has 1 N–H and O–H groups in total. The molecule has 0 radical (unpaired) electrons. The Bertz CT molecular complexity index is 537. The van der Waals surface area contributed by atoms with Gasteiger partial charge in [-0.05, 0) is 44.2 Å². The van der Waals surface area contributed by atoms with E-state index >= 15 is 0 Å². The normalized spacial score (nSPS) is 10.7. The van der Waals surface area contributed by atoms with Gasteiger partial charge in [-0.2, -0.15) is 0 Å². The first-order chi connectivity index (χ1) is 9.19. The number of nitrogens with zero attached hydrogens (tertiary/aromatic N) is 1. The van der Waals surface area contributed by atoms with E-state index in [4.69, 9.17) is 4.74 Å². The van der Waals surface area contributed by atoms with Crippen LogP contribution in [-0.4, -0.2) is 18.6 Å². The fourth-order valence-electron chi connectivity index (χ4n) is 1.79. The lowest BCUT2D eigenvalue weighted by Crippen LogP contribution is -2.06. The van der Waals surface area contributed by atoms with Crippen molar-refractivity contribution in [2.75, 3.05) is 13.7 Å². The molecule has 2 aromatic rings. The van der Waals surface area contributed by atoms with Crippen molar-refractivity contribution in [2.45, 2.75) is 26.8 Å². The quantitative estimate of drug-likeness (QED) is 0.880. The van der Waals surface area contributed by atoms with Gasteiger partial charge in [0.2, 0.25) is 0 Å². The fourth-order valence-corrected chi connectivity index (χ4v) is 2.57. The van der Waals surface area contributed by atoms with Crippen LogP contribution in [0.3, 0.4) is 0 Å². The van der Waals surface area contributed by atoms with Gasteiger partial charge < -0.3 is 10.1 Å². The van der Waals surface area contributed by atoms with Crippen molar-refractivity contribution in [3.05, 3.63) is 45.4 Å². The summed E-state index contributed by atoms with van der Waals surface area (Å²) >= 11 is 1.70. The highest BCUT2D eigenvalue weighted by molar-refractivity contribution is 7.09. The Labute approximate surface area is 118 Å². The van der Waals surface area contributed by atoms with Crippen molar-refractivity contribution in [2.24, 2.45) is 0 Å². The summed E-state index contributed by atoms with van der Waals surface area (Å²) in [5.41, 5.74) is 3.67. The molecular formula is C15H20N2OS. The maximum absolute atomic E-state index is 5.77. The molecule has 1 aromatic heterocycles. The Kier molecular flexibility index (Phi) is 4.93. The zero-order chi connectivity index (χ0) is 13.7. The number of benzene rings is 1. The average molecular weight is 276 g/mol. The maximum atomic E-state index is 5.77. The van der Waals surface area contributed by atoms with Crippen LogP contribution in [0.4, 0.5) is 0 Å². The molecule has 0 atom stereocenters. The van der Waals surface area contributed by atoms with Crippen LogP contribution in [0.5, 0.6) is 5.75 Å². The maximum Gasteiger partial charge on any atom is 0.119 e. The van der Waals surface area contributed by atoms with Crippen LogP contribution >= 0.6 is 11.3 Å². The monoisotopic (exact) mass is 276 g/mol. The summed E-state index contributed by atoms with van der Waals surface area (Å²) in [6.45, 7) is 5.72. The molecule has 0 fully saturated rings. The zero-order valence-electron chi connectivity index (χ0n) is 11.7. The van der Waals surface area contributed by atoms with E-state index in [0.29, 0.717) is 6.61 Å². The van der Waals surface area contributed by atoms with Gasteiger partial charge in [0.15, 0.2) is 0 Å². The first kappa shape index (κ1) is 14.0. The summed E-state index contributed by atoms with van der Waals surface area (Å²) in [6.07, 6.45) is 0.862. The largest absolute Gasteiger partial charge is 0.493 e. The molecule has 0 unspecified atom stereocenters. The third-order valence-electron chi connectivity index (χ3n) is 3.02. The molecule has 0 saturated heterocycles. The lowest BCUT2D eigenvalue weighted by Gasteiger charge is -2.07. The second-order valence-electron chi connectivity index (χ2n) is 4.61. The van der Waals surface area contributed by atoms with Crippen LogP contribution in [0, 0.1) is 13.8 Å². The van der Waals surface area contributed by atoms with Crippen molar-refractivity contribution in [1.82, 2.24) is 10.3 Å².